The van der Waals surface area contributed by atoms with E-state index < -0.39 is 11.8 Å². The van der Waals surface area contributed by atoms with E-state index in [4.69, 9.17) is 10.00 Å². The van der Waals surface area contributed by atoms with Crippen LogP contribution in [0.15, 0.2) is 30.5 Å². The standard InChI is InChI=1S/C22H23FN2O2/c1-3-15-4-6-16(7-5-15)21-14(2)10-18(13-25-21)22(26)27-19-9-8-17(12-24)20(23)11-19/h8-11,13,15-16H,3-7H2,1-2H3. The van der Waals surface area contributed by atoms with E-state index in [9.17, 15) is 9.18 Å². The maximum Gasteiger partial charge on any atom is 0.345 e. The average Bonchev–Trinajstić information content (AvgIpc) is 2.68. The molecule has 0 bridgehead atoms. The Morgan fingerprint density at radius 2 is 2.04 bits per heavy atom. The van der Waals surface area contributed by atoms with Crippen molar-refractivity contribution < 1.29 is 13.9 Å². The van der Waals surface area contributed by atoms with E-state index in [1.807, 2.05) is 6.92 Å². The summed E-state index contributed by atoms with van der Waals surface area (Å²) < 4.78 is 18.9. The third kappa shape index (κ3) is 4.33. The summed E-state index contributed by atoms with van der Waals surface area (Å²) in [4.78, 5) is 16.9. The van der Waals surface area contributed by atoms with Crippen LogP contribution in [0.3, 0.4) is 0 Å². The quantitative estimate of drug-likeness (QED) is 0.544. The minimum Gasteiger partial charge on any atom is -0.423 e. The van der Waals surface area contributed by atoms with Crippen LogP contribution in [0.25, 0.3) is 0 Å². The molecule has 2 aromatic rings. The molecule has 1 fully saturated rings. The van der Waals surface area contributed by atoms with E-state index in [-0.39, 0.29) is 11.3 Å². The number of halogens is 1. The second-order valence-corrected chi connectivity index (χ2v) is 7.20. The minimum absolute atomic E-state index is 0.0658. The number of esters is 1. The van der Waals surface area contributed by atoms with Gasteiger partial charge in [-0.3, -0.25) is 4.98 Å². The van der Waals surface area contributed by atoms with Crippen molar-refractivity contribution >= 4 is 5.97 Å². The second-order valence-electron chi connectivity index (χ2n) is 7.20. The number of benzene rings is 1. The van der Waals surface area contributed by atoms with E-state index in [1.165, 1.54) is 37.6 Å². The van der Waals surface area contributed by atoms with Crippen LogP contribution in [0.2, 0.25) is 0 Å². The Hall–Kier alpha value is -2.74. The number of rotatable bonds is 4. The predicted molar refractivity (Wildman–Crippen MR) is 100 cm³/mol. The molecule has 0 saturated heterocycles. The molecule has 0 amide bonds. The molecule has 1 aliphatic rings. The van der Waals surface area contributed by atoms with E-state index in [2.05, 4.69) is 11.9 Å². The lowest BCUT2D eigenvalue weighted by Crippen LogP contribution is -2.16. The van der Waals surface area contributed by atoms with Gasteiger partial charge in [-0.2, -0.15) is 5.26 Å². The number of hydrogen-bond acceptors (Lipinski definition) is 4. The molecular formula is C22H23FN2O2. The average molecular weight is 366 g/mol. The summed E-state index contributed by atoms with van der Waals surface area (Å²) in [6, 6.07) is 7.25. The highest BCUT2D eigenvalue weighted by Crippen LogP contribution is 2.37. The molecule has 140 valence electrons. The Kier molecular flexibility index (Phi) is 5.85. The number of carbonyl (C=O) groups excluding carboxylic acids is 1. The van der Waals surface area contributed by atoms with Crippen LogP contribution >= 0.6 is 0 Å². The Balaban J connectivity index is 1.70. The molecule has 0 N–H and O–H groups in total. The van der Waals surface area contributed by atoms with Crippen molar-refractivity contribution in [1.29, 1.82) is 5.26 Å². The van der Waals surface area contributed by atoms with Gasteiger partial charge in [0.25, 0.3) is 0 Å². The van der Waals surface area contributed by atoms with E-state index in [1.54, 1.807) is 12.1 Å². The third-order valence-electron chi connectivity index (χ3n) is 5.44. The van der Waals surface area contributed by atoms with Crippen molar-refractivity contribution in [1.82, 2.24) is 4.98 Å². The number of nitriles is 1. The monoisotopic (exact) mass is 366 g/mol. The second kappa shape index (κ2) is 8.30. The summed E-state index contributed by atoms with van der Waals surface area (Å²) in [5, 5.41) is 8.76. The van der Waals surface area contributed by atoms with Gasteiger partial charge in [-0.25, -0.2) is 9.18 Å². The van der Waals surface area contributed by atoms with Gasteiger partial charge in [0.05, 0.1) is 11.1 Å². The first-order valence-electron chi connectivity index (χ1n) is 9.40. The van der Waals surface area contributed by atoms with E-state index in [0.717, 1.165) is 36.1 Å². The van der Waals surface area contributed by atoms with Gasteiger partial charge in [-0.05, 0) is 62.3 Å². The molecule has 0 spiro atoms. The van der Waals surface area contributed by atoms with Crippen LogP contribution < -0.4 is 4.74 Å². The van der Waals surface area contributed by atoms with Gasteiger partial charge in [0.15, 0.2) is 0 Å². The fraction of sp³-hybridized carbons (Fsp3) is 0.409. The van der Waals surface area contributed by atoms with Crippen molar-refractivity contribution in [3.05, 3.63) is 58.7 Å². The van der Waals surface area contributed by atoms with Crippen LogP contribution in [0.1, 0.15) is 72.1 Å². The number of pyridine rings is 1. The van der Waals surface area contributed by atoms with Crippen molar-refractivity contribution in [3.63, 3.8) is 0 Å². The Bertz CT molecular complexity index is 880. The number of aromatic nitrogens is 1. The SMILES string of the molecule is CCC1CCC(c2ncc(C(=O)Oc3ccc(C#N)c(F)c3)cc2C)CC1. The predicted octanol–water partition coefficient (Wildman–Crippen LogP) is 5.30. The highest BCUT2D eigenvalue weighted by atomic mass is 19.1. The molecular weight excluding hydrogens is 343 g/mol. The zero-order chi connectivity index (χ0) is 19.4. The van der Waals surface area contributed by atoms with Crippen molar-refractivity contribution in [2.75, 3.05) is 0 Å². The van der Waals surface area contributed by atoms with Crippen LogP contribution in [0.5, 0.6) is 5.75 Å². The molecule has 0 aliphatic heterocycles. The van der Waals surface area contributed by atoms with Crippen molar-refractivity contribution in [2.45, 2.75) is 51.9 Å². The van der Waals surface area contributed by atoms with Gasteiger partial charge in [0.1, 0.15) is 17.6 Å². The maximum atomic E-state index is 13.7. The zero-order valence-electron chi connectivity index (χ0n) is 15.7. The Morgan fingerprint density at radius 3 is 2.63 bits per heavy atom. The lowest BCUT2D eigenvalue weighted by molar-refractivity contribution is 0.0733. The largest absolute Gasteiger partial charge is 0.423 e. The number of nitrogens with zero attached hydrogens (tertiary/aromatic N) is 2. The fourth-order valence-electron chi connectivity index (χ4n) is 3.78. The molecule has 4 nitrogen and oxygen atoms in total. The first-order chi connectivity index (χ1) is 13.0. The number of aryl methyl sites for hydroxylation is 1. The summed E-state index contributed by atoms with van der Waals surface area (Å²) >= 11 is 0. The molecule has 5 heteroatoms. The van der Waals surface area contributed by atoms with Crippen molar-refractivity contribution in [3.8, 4) is 11.8 Å². The first-order valence-corrected chi connectivity index (χ1v) is 9.40. The normalized spacial score (nSPS) is 19.3. The molecule has 0 unspecified atom stereocenters. The smallest absolute Gasteiger partial charge is 0.345 e. The van der Waals surface area contributed by atoms with Gasteiger partial charge in [-0.15, -0.1) is 0 Å². The Morgan fingerprint density at radius 1 is 1.30 bits per heavy atom. The Labute approximate surface area is 159 Å². The van der Waals surface area contributed by atoms with Crippen molar-refractivity contribution in [2.24, 2.45) is 5.92 Å². The summed E-state index contributed by atoms with van der Waals surface area (Å²) in [5.41, 5.74) is 2.29. The lowest BCUT2D eigenvalue weighted by Gasteiger charge is -2.28. The fourth-order valence-corrected chi connectivity index (χ4v) is 3.78. The van der Waals surface area contributed by atoms with Gasteiger partial charge in [-0.1, -0.05) is 13.3 Å². The summed E-state index contributed by atoms with van der Waals surface area (Å²) in [7, 11) is 0. The van der Waals surface area contributed by atoms with Gasteiger partial charge in [0, 0.05) is 23.9 Å². The maximum absolute atomic E-state index is 13.7. The van der Waals surface area contributed by atoms with Crippen LogP contribution in [0, 0.1) is 30.0 Å². The molecule has 27 heavy (non-hydrogen) atoms. The van der Waals surface area contributed by atoms with Gasteiger partial charge >= 0.3 is 5.97 Å². The first kappa shape index (κ1) is 19.0. The summed E-state index contributed by atoms with van der Waals surface area (Å²) in [6.45, 7) is 4.21. The van der Waals surface area contributed by atoms with E-state index in [0.29, 0.717) is 11.5 Å². The number of hydrogen-bond donors (Lipinski definition) is 0. The molecule has 1 heterocycles. The van der Waals surface area contributed by atoms with Crippen LogP contribution in [-0.2, 0) is 0 Å². The zero-order valence-corrected chi connectivity index (χ0v) is 15.7. The molecule has 1 aromatic carbocycles. The summed E-state index contributed by atoms with van der Waals surface area (Å²) in [5.74, 6) is 0.0383. The number of carbonyl (C=O) groups is 1. The van der Waals surface area contributed by atoms with Crippen LogP contribution in [-0.4, -0.2) is 11.0 Å². The van der Waals surface area contributed by atoms with E-state index >= 15 is 0 Å². The molecule has 1 aromatic heterocycles. The molecule has 0 atom stereocenters. The highest BCUT2D eigenvalue weighted by molar-refractivity contribution is 5.91. The summed E-state index contributed by atoms with van der Waals surface area (Å²) in [6.07, 6.45) is 7.52. The molecule has 1 saturated carbocycles. The highest BCUT2D eigenvalue weighted by Gasteiger charge is 2.24. The molecule has 0 radical (unpaired) electrons. The van der Waals surface area contributed by atoms with Gasteiger partial charge in [0.2, 0.25) is 0 Å². The topological polar surface area (TPSA) is 63.0 Å². The molecule has 3 rings (SSSR count). The third-order valence-corrected chi connectivity index (χ3v) is 5.44. The van der Waals surface area contributed by atoms with Gasteiger partial charge < -0.3 is 4.74 Å². The van der Waals surface area contributed by atoms with Crippen LogP contribution in [0.4, 0.5) is 4.39 Å². The minimum atomic E-state index is -0.713. The number of ether oxygens (including phenoxy) is 1. The lowest BCUT2D eigenvalue weighted by atomic mass is 9.78. The molecule has 1 aliphatic carbocycles.